The quantitative estimate of drug-likeness (QED) is 0.928. The normalized spacial score (nSPS) is 28.8. The first-order valence-corrected chi connectivity index (χ1v) is 8.76. The van der Waals surface area contributed by atoms with E-state index < -0.39 is 0 Å². The number of hydrogen-bond donors (Lipinski definition) is 1. The van der Waals surface area contributed by atoms with Gasteiger partial charge in [-0.25, -0.2) is 4.98 Å². The zero-order chi connectivity index (χ0) is 16.7. The average Bonchev–Trinajstić information content (AvgIpc) is 3.09. The number of aromatic nitrogens is 1. The third-order valence-corrected chi connectivity index (χ3v) is 5.56. The van der Waals surface area contributed by atoms with Gasteiger partial charge in [0.05, 0.1) is 6.20 Å². The van der Waals surface area contributed by atoms with E-state index in [0.29, 0.717) is 22.7 Å². The van der Waals surface area contributed by atoms with E-state index in [1.54, 1.807) is 18.3 Å². The highest BCUT2D eigenvalue weighted by Gasteiger charge is 2.40. The van der Waals surface area contributed by atoms with Gasteiger partial charge in [-0.2, -0.15) is 0 Å². The first kappa shape index (κ1) is 15.7. The first-order valence-electron chi connectivity index (χ1n) is 8.38. The molecule has 3 aliphatic rings. The lowest BCUT2D eigenvalue weighted by atomic mass is 9.79. The van der Waals surface area contributed by atoms with Crippen LogP contribution >= 0.6 is 11.6 Å². The minimum atomic E-state index is -0.235. The van der Waals surface area contributed by atoms with E-state index in [0.717, 1.165) is 31.5 Å². The number of nitrogens with one attached hydrogen (secondary N) is 1. The molecule has 3 aliphatic heterocycles. The molecular weight excluding hydrogens is 326 g/mol. The number of oxazole rings is 1. The number of carbonyl (C=O) groups is 1. The second-order valence-electron chi connectivity index (χ2n) is 6.65. The van der Waals surface area contributed by atoms with Crippen LogP contribution in [0.25, 0.3) is 11.3 Å². The topological polar surface area (TPSA) is 58.4 Å². The molecule has 2 aromatic rings. The van der Waals surface area contributed by atoms with Crippen LogP contribution < -0.4 is 5.32 Å². The third-order valence-electron chi connectivity index (χ3n) is 5.30. The van der Waals surface area contributed by atoms with Gasteiger partial charge in [-0.15, -0.1) is 0 Å². The summed E-state index contributed by atoms with van der Waals surface area (Å²) in [4.78, 5) is 19.1. The lowest BCUT2D eigenvalue weighted by Gasteiger charge is -2.49. The molecule has 1 amide bonds. The summed E-state index contributed by atoms with van der Waals surface area (Å²) in [6.45, 7) is 4.46. The molecule has 0 unspecified atom stereocenters. The summed E-state index contributed by atoms with van der Waals surface area (Å²) in [6.07, 6.45) is 3.88. The number of piperidine rings is 3. The van der Waals surface area contributed by atoms with Gasteiger partial charge >= 0.3 is 5.91 Å². The molecule has 0 radical (unpaired) electrons. The highest BCUT2D eigenvalue weighted by molar-refractivity contribution is 6.30. The van der Waals surface area contributed by atoms with Gasteiger partial charge in [0.2, 0.25) is 0 Å². The number of hydrogen-bond acceptors (Lipinski definition) is 4. The summed E-state index contributed by atoms with van der Waals surface area (Å²) in [5.41, 5.74) is 0.849. The van der Waals surface area contributed by atoms with Crippen molar-refractivity contribution in [2.24, 2.45) is 5.92 Å². The van der Waals surface area contributed by atoms with Crippen LogP contribution in [-0.2, 0) is 0 Å². The van der Waals surface area contributed by atoms with Crippen LogP contribution in [0.1, 0.15) is 30.5 Å². The lowest BCUT2D eigenvalue weighted by molar-refractivity contribution is 0.0210. The second-order valence-corrected chi connectivity index (χ2v) is 7.09. The predicted molar refractivity (Wildman–Crippen MR) is 92.0 cm³/mol. The van der Waals surface area contributed by atoms with Gasteiger partial charge in [-0.1, -0.05) is 11.6 Å². The van der Waals surface area contributed by atoms with E-state index in [4.69, 9.17) is 16.0 Å². The summed E-state index contributed by atoms with van der Waals surface area (Å²) in [6, 6.07) is 7.81. The number of halogens is 1. The van der Waals surface area contributed by atoms with E-state index in [9.17, 15) is 4.79 Å². The van der Waals surface area contributed by atoms with E-state index in [1.807, 2.05) is 12.1 Å². The minimum Gasteiger partial charge on any atom is -0.432 e. The van der Waals surface area contributed by atoms with Gasteiger partial charge < -0.3 is 9.73 Å². The Labute approximate surface area is 146 Å². The standard InChI is InChI=1S/C18H20ClN3O2/c1-11-16(13-6-8-22(11)9-7-13)21-17(23)18-20-10-15(24-18)12-2-4-14(19)5-3-12/h2-5,10-11,13,16H,6-9H2,1H3,(H,21,23)/t11-,16-/m0/s1. The van der Waals surface area contributed by atoms with E-state index in [2.05, 4.69) is 22.1 Å². The van der Waals surface area contributed by atoms with E-state index in [-0.39, 0.29) is 17.8 Å². The molecule has 24 heavy (non-hydrogen) atoms. The SMILES string of the molecule is C[C@H]1[C@H](NC(=O)c2ncc(-c3ccc(Cl)cc3)o2)C2CCN1CC2. The molecule has 2 atom stereocenters. The van der Waals surface area contributed by atoms with Crippen LogP contribution in [-0.4, -0.2) is 41.0 Å². The molecule has 6 heteroatoms. The number of fused-ring (bicyclic) bond motifs is 3. The average molecular weight is 346 g/mol. The molecule has 1 aromatic heterocycles. The second kappa shape index (κ2) is 6.22. The molecular formula is C18H20ClN3O2. The summed E-state index contributed by atoms with van der Waals surface area (Å²) in [7, 11) is 0. The van der Waals surface area contributed by atoms with Gasteiger partial charge in [0.1, 0.15) is 0 Å². The Balaban J connectivity index is 1.48. The van der Waals surface area contributed by atoms with Gasteiger partial charge in [0.25, 0.3) is 5.89 Å². The Morgan fingerprint density at radius 2 is 2.00 bits per heavy atom. The van der Waals surface area contributed by atoms with Crippen molar-refractivity contribution in [2.45, 2.75) is 31.8 Å². The van der Waals surface area contributed by atoms with Crippen molar-refractivity contribution in [3.63, 3.8) is 0 Å². The molecule has 4 heterocycles. The van der Waals surface area contributed by atoms with E-state index >= 15 is 0 Å². The number of benzene rings is 1. The van der Waals surface area contributed by atoms with Gasteiger partial charge in [-0.3, -0.25) is 9.69 Å². The molecule has 3 saturated heterocycles. The minimum absolute atomic E-state index is 0.114. The molecule has 0 aliphatic carbocycles. The zero-order valence-electron chi connectivity index (χ0n) is 13.5. The van der Waals surface area contributed by atoms with Crippen LogP contribution in [0.15, 0.2) is 34.9 Å². The molecule has 1 N–H and O–H groups in total. The molecule has 5 rings (SSSR count). The van der Waals surface area contributed by atoms with Crippen LogP contribution in [0, 0.1) is 5.92 Å². The summed E-state index contributed by atoms with van der Waals surface area (Å²) in [5, 5.41) is 3.79. The van der Waals surface area contributed by atoms with Crippen LogP contribution in [0.4, 0.5) is 0 Å². The van der Waals surface area contributed by atoms with E-state index in [1.165, 1.54) is 0 Å². The predicted octanol–water partition coefficient (Wildman–Crippen LogP) is 3.21. The van der Waals surface area contributed by atoms with Crippen molar-refractivity contribution in [3.05, 3.63) is 41.4 Å². The molecule has 2 bridgehead atoms. The monoisotopic (exact) mass is 345 g/mol. The van der Waals surface area contributed by atoms with Crippen LogP contribution in [0.5, 0.6) is 0 Å². The third kappa shape index (κ3) is 2.82. The molecule has 0 saturated carbocycles. The Bertz CT molecular complexity index is 733. The number of carbonyl (C=O) groups excluding carboxylic acids is 1. The molecule has 3 fully saturated rings. The van der Waals surface area contributed by atoms with Crippen LogP contribution in [0.3, 0.4) is 0 Å². The molecule has 1 aromatic carbocycles. The smallest absolute Gasteiger partial charge is 0.307 e. The van der Waals surface area contributed by atoms with Crippen molar-refractivity contribution in [3.8, 4) is 11.3 Å². The Hall–Kier alpha value is -1.85. The van der Waals surface area contributed by atoms with Gasteiger partial charge in [0.15, 0.2) is 5.76 Å². The van der Waals surface area contributed by atoms with Crippen molar-refractivity contribution in [1.82, 2.24) is 15.2 Å². The first-order chi connectivity index (χ1) is 11.6. The largest absolute Gasteiger partial charge is 0.432 e. The zero-order valence-corrected chi connectivity index (χ0v) is 14.3. The van der Waals surface area contributed by atoms with Crippen molar-refractivity contribution < 1.29 is 9.21 Å². The highest BCUT2D eigenvalue weighted by atomic mass is 35.5. The van der Waals surface area contributed by atoms with Crippen molar-refractivity contribution >= 4 is 17.5 Å². The fourth-order valence-corrected chi connectivity index (χ4v) is 4.01. The Kier molecular flexibility index (Phi) is 4.06. The fourth-order valence-electron chi connectivity index (χ4n) is 3.89. The highest BCUT2D eigenvalue weighted by Crippen LogP contribution is 2.32. The lowest BCUT2D eigenvalue weighted by Crippen LogP contribution is -2.62. The Morgan fingerprint density at radius 1 is 1.29 bits per heavy atom. The van der Waals surface area contributed by atoms with Gasteiger partial charge in [-0.05, 0) is 63.0 Å². The van der Waals surface area contributed by atoms with Crippen LogP contribution in [0.2, 0.25) is 5.02 Å². The molecule has 5 nitrogen and oxygen atoms in total. The summed E-state index contributed by atoms with van der Waals surface area (Å²) in [5.74, 6) is 1.00. The maximum absolute atomic E-state index is 12.5. The summed E-state index contributed by atoms with van der Waals surface area (Å²) < 4.78 is 5.65. The number of nitrogens with zero attached hydrogens (tertiary/aromatic N) is 2. The van der Waals surface area contributed by atoms with Crippen molar-refractivity contribution in [2.75, 3.05) is 13.1 Å². The fraction of sp³-hybridized carbons (Fsp3) is 0.444. The van der Waals surface area contributed by atoms with Gasteiger partial charge in [0, 0.05) is 22.7 Å². The maximum Gasteiger partial charge on any atom is 0.307 e. The molecule has 0 spiro atoms. The Morgan fingerprint density at radius 3 is 2.67 bits per heavy atom. The molecule has 126 valence electrons. The van der Waals surface area contributed by atoms with Crippen molar-refractivity contribution in [1.29, 1.82) is 0 Å². The number of rotatable bonds is 3. The number of amides is 1. The maximum atomic E-state index is 12.5. The summed E-state index contributed by atoms with van der Waals surface area (Å²) >= 11 is 5.89.